The van der Waals surface area contributed by atoms with Crippen LogP contribution in [0.3, 0.4) is 0 Å². The molecule has 1 aliphatic rings. The van der Waals surface area contributed by atoms with Crippen molar-refractivity contribution in [3.8, 4) is 0 Å². The summed E-state index contributed by atoms with van der Waals surface area (Å²) in [4.78, 5) is 8.73. The zero-order valence-corrected chi connectivity index (χ0v) is 11.0. The van der Waals surface area contributed by atoms with E-state index in [9.17, 15) is 0 Å². The Balaban J connectivity index is 1.76. The van der Waals surface area contributed by atoms with Crippen molar-refractivity contribution in [2.75, 3.05) is 23.7 Å². The van der Waals surface area contributed by atoms with Gasteiger partial charge in [0.2, 0.25) is 0 Å². The number of nitrogens with one attached hydrogen (secondary N) is 3. The maximum atomic E-state index is 5.48. The highest BCUT2D eigenvalue weighted by atomic mass is 16.4. The molecule has 2 aromatic rings. The van der Waals surface area contributed by atoms with E-state index in [1.165, 1.54) is 0 Å². The molecule has 3 rings (SSSR count). The summed E-state index contributed by atoms with van der Waals surface area (Å²) in [5.41, 5.74) is 0. The number of nitrogens with zero attached hydrogens (tertiary/aromatic N) is 2. The lowest BCUT2D eigenvalue weighted by Gasteiger charge is -2.28. The Morgan fingerprint density at radius 3 is 2.63 bits per heavy atom. The van der Waals surface area contributed by atoms with Gasteiger partial charge in [0, 0.05) is 25.2 Å². The molecule has 1 fully saturated rings. The third kappa shape index (κ3) is 2.85. The molecule has 2 aromatic heterocycles. The molecule has 19 heavy (non-hydrogen) atoms. The molecule has 3 heterocycles. The molecule has 0 atom stereocenters. The Labute approximate surface area is 111 Å². The molecule has 1 aliphatic heterocycles. The van der Waals surface area contributed by atoms with E-state index < -0.39 is 0 Å². The summed E-state index contributed by atoms with van der Waals surface area (Å²) in [6, 6.07) is 6.14. The van der Waals surface area contributed by atoms with Crippen molar-refractivity contribution in [2.24, 2.45) is 0 Å². The molecule has 1 saturated heterocycles. The van der Waals surface area contributed by atoms with Gasteiger partial charge in [-0.15, -0.1) is 0 Å². The second-order valence-electron chi connectivity index (χ2n) is 4.72. The van der Waals surface area contributed by atoms with E-state index >= 15 is 0 Å². The van der Waals surface area contributed by atoms with Crippen LogP contribution in [0.4, 0.5) is 17.5 Å². The van der Waals surface area contributed by atoms with Crippen LogP contribution >= 0.6 is 0 Å². The fourth-order valence-electron chi connectivity index (χ4n) is 1.93. The van der Waals surface area contributed by atoms with Gasteiger partial charge >= 0.3 is 0 Å². The number of rotatable bonds is 4. The zero-order valence-electron chi connectivity index (χ0n) is 11.0. The Kier molecular flexibility index (Phi) is 3.08. The van der Waals surface area contributed by atoms with Crippen molar-refractivity contribution >= 4 is 17.5 Å². The molecular weight excluding hydrogens is 242 g/mol. The number of aryl methyl sites for hydroxylation is 2. The molecule has 6 heteroatoms. The molecule has 0 unspecified atom stereocenters. The van der Waals surface area contributed by atoms with Gasteiger partial charge in [-0.25, -0.2) is 9.97 Å². The fraction of sp³-hybridized carbons (Fsp3) is 0.385. The summed E-state index contributed by atoms with van der Waals surface area (Å²) in [6.07, 6.45) is 0. The van der Waals surface area contributed by atoms with Gasteiger partial charge < -0.3 is 20.4 Å². The summed E-state index contributed by atoms with van der Waals surface area (Å²) in [5.74, 6) is 3.85. The van der Waals surface area contributed by atoms with Crippen molar-refractivity contribution in [3.05, 3.63) is 29.8 Å². The highest BCUT2D eigenvalue weighted by molar-refractivity contribution is 5.55. The topological polar surface area (TPSA) is 75.0 Å². The predicted octanol–water partition coefficient (Wildman–Crippen LogP) is 1.81. The van der Waals surface area contributed by atoms with E-state index in [1.54, 1.807) is 0 Å². The van der Waals surface area contributed by atoms with Gasteiger partial charge in [0.1, 0.15) is 23.2 Å². The number of hydrogen-bond acceptors (Lipinski definition) is 6. The van der Waals surface area contributed by atoms with Gasteiger partial charge in [-0.05, 0) is 19.9 Å². The van der Waals surface area contributed by atoms with Crippen molar-refractivity contribution in [2.45, 2.75) is 19.9 Å². The van der Waals surface area contributed by atoms with Crippen LogP contribution in [-0.4, -0.2) is 29.1 Å². The normalized spacial score (nSPS) is 15.1. The minimum absolute atomic E-state index is 0.452. The average molecular weight is 259 g/mol. The second kappa shape index (κ2) is 4.89. The quantitative estimate of drug-likeness (QED) is 0.777. The molecule has 0 spiro atoms. The minimum Gasteiger partial charge on any atom is -0.446 e. The van der Waals surface area contributed by atoms with Gasteiger partial charge in [-0.3, -0.25) is 0 Å². The first-order valence-electron chi connectivity index (χ1n) is 6.35. The Hall–Kier alpha value is -2.08. The van der Waals surface area contributed by atoms with Gasteiger partial charge in [0.05, 0.1) is 6.04 Å². The molecular formula is C13H17N5O. The largest absolute Gasteiger partial charge is 0.446 e. The Bertz CT molecular complexity index is 576. The van der Waals surface area contributed by atoms with Crippen LogP contribution in [0.5, 0.6) is 0 Å². The maximum absolute atomic E-state index is 5.48. The molecule has 3 N–H and O–H groups in total. The van der Waals surface area contributed by atoms with Gasteiger partial charge in [-0.2, -0.15) is 0 Å². The van der Waals surface area contributed by atoms with Gasteiger partial charge in [-0.1, -0.05) is 0 Å². The number of aromatic nitrogens is 2. The van der Waals surface area contributed by atoms with Crippen LogP contribution < -0.4 is 16.0 Å². The third-order valence-electron chi connectivity index (χ3n) is 2.96. The van der Waals surface area contributed by atoms with Crippen LogP contribution in [0, 0.1) is 13.8 Å². The summed E-state index contributed by atoms with van der Waals surface area (Å²) in [7, 11) is 0. The van der Waals surface area contributed by atoms with Gasteiger partial charge in [0.15, 0.2) is 5.88 Å². The molecule has 0 aliphatic carbocycles. The zero-order chi connectivity index (χ0) is 13.2. The monoisotopic (exact) mass is 259 g/mol. The van der Waals surface area contributed by atoms with Crippen molar-refractivity contribution in [1.29, 1.82) is 0 Å². The van der Waals surface area contributed by atoms with Crippen molar-refractivity contribution in [1.82, 2.24) is 15.3 Å². The van der Waals surface area contributed by atoms with E-state index in [2.05, 4.69) is 25.9 Å². The summed E-state index contributed by atoms with van der Waals surface area (Å²) in [6.45, 7) is 5.74. The highest BCUT2D eigenvalue weighted by Gasteiger charge is 2.17. The van der Waals surface area contributed by atoms with E-state index in [0.29, 0.717) is 11.9 Å². The summed E-state index contributed by atoms with van der Waals surface area (Å²) >= 11 is 0. The minimum atomic E-state index is 0.452. The number of furan rings is 1. The predicted molar refractivity (Wildman–Crippen MR) is 73.8 cm³/mol. The van der Waals surface area contributed by atoms with E-state index in [4.69, 9.17) is 4.42 Å². The molecule has 100 valence electrons. The Morgan fingerprint density at radius 2 is 2.00 bits per heavy atom. The van der Waals surface area contributed by atoms with E-state index in [0.717, 1.165) is 36.3 Å². The van der Waals surface area contributed by atoms with Gasteiger partial charge in [0.25, 0.3) is 0 Å². The Morgan fingerprint density at radius 1 is 1.21 bits per heavy atom. The van der Waals surface area contributed by atoms with Crippen LogP contribution in [0.1, 0.15) is 11.6 Å². The first-order chi connectivity index (χ1) is 9.19. The van der Waals surface area contributed by atoms with E-state index in [1.807, 2.05) is 32.0 Å². The first kappa shape index (κ1) is 12.0. The maximum Gasteiger partial charge on any atom is 0.198 e. The lowest BCUT2D eigenvalue weighted by Crippen LogP contribution is -2.51. The van der Waals surface area contributed by atoms with E-state index in [-0.39, 0.29) is 0 Å². The van der Waals surface area contributed by atoms with Crippen LogP contribution in [0.2, 0.25) is 0 Å². The van der Waals surface area contributed by atoms with Crippen LogP contribution in [-0.2, 0) is 0 Å². The lowest BCUT2D eigenvalue weighted by atomic mass is 10.2. The molecule has 0 bridgehead atoms. The van der Waals surface area contributed by atoms with Crippen LogP contribution in [0.25, 0.3) is 0 Å². The number of hydrogen-bond donors (Lipinski definition) is 3. The van der Waals surface area contributed by atoms with Crippen LogP contribution in [0.15, 0.2) is 22.6 Å². The molecule has 0 amide bonds. The SMILES string of the molecule is Cc1nc(Nc2ccc(C)o2)cc(NC2CNC2)n1. The molecule has 0 saturated carbocycles. The fourth-order valence-corrected chi connectivity index (χ4v) is 1.93. The first-order valence-corrected chi connectivity index (χ1v) is 6.35. The average Bonchev–Trinajstić information content (AvgIpc) is 2.69. The second-order valence-corrected chi connectivity index (χ2v) is 4.72. The molecule has 0 aromatic carbocycles. The lowest BCUT2D eigenvalue weighted by molar-refractivity contribution is 0.471. The summed E-state index contributed by atoms with van der Waals surface area (Å²) < 4.78 is 5.48. The molecule has 6 nitrogen and oxygen atoms in total. The number of anilines is 3. The smallest absolute Gasteiger partial charge is 0.198 e. The van der Waals surface area contributed by atoms with Crippen molar-refractivity contribution < 1.29 is 4.42 Å². The highest BCUT2D eigenvalue weighted by Crippen LogP contribution is 2.20. The molecule has 0 radical (unpaired) electrons. The standard InChI is InChI=1S/C13H17N5O/c1-8-3-4-13(19-8)18-12-5-11(15-9(2)16-12)17-10-6-14-7-10/h3-5,10,14H,6-7H2,1-2H3,(H2,15,16,17,18). The summed E-state index contributed by atoms with van der Waals surface area (Å²) in [5, 5.41) is 9.72. The third-order valence-corrected chi connectivity index (χ3v) is 2.96. The van der Waals surface area contributed by atoms with Crippen molar-refractivity contribution in [3.63, 3.8) is 0 Å².